The molecule has 0 bridgehead atoms. The van der Waals surface area contributed by atoms with Gasteiger partial charge in [0.15, 0.2) is 0 Å². The molecule has 0 aromatic rings. The Labute approximate surface area is 127 Å². The molecule has 21 heavy (non-hydrogen) atoms. The van der Waals surface area contributed by atoms with Crippen LogP contribution in [0.4, 0.5) is 0 Å². The van der Waals surface area contributed by atoms with Crippen molar-refractivity contribution in [1.82, 2.24) is 4.90 Å². The van der Waals surface area contributed by atoms with Crippen LogP contribution in [0.15, 0.2) is 0 Å². The number of hydrogen-bond acceptors (Lipinski definition) is 5. The summed E-state index contributed by atoms with van der Waals surface area (Å²) in [5.74, 6) is -0.129. The highest BCUT2D eigenvalue weighted by atomic mass is 16.5. The van der Waals surface area contributed by atoms with Crippen LogP contribution in [0.5, 0.6) is 0 Å². The second-order valence-electron chi connectivity index (χ2n) is 6.39. The summed E-state index contributed by atoms with van der Waals surface area (Å²) in [5.41, 5.74) is -0.654. The van der Waals surface area contributed by atoms with Crippen molar-refractivity contribution in [2.45, 2.75) is 57.7 Å². The maximum Gasteiger partial charge on any atom is 0.308 e. The molecular formula is C16H29NO4. The fraction of sp³-hybridized carbons (Fsp3) is 0.938. The molecule has 2 aliphatic rings. The van der Waals surface area contributed by atoms with Crippen molar-refractivity contribution in [2.24, 2.45) is 5.92 Å². The molecular weight excluding hydrogens is 270 g/mol. The molecule has 0 amide bonds. The number of aliphatic hydroxyl groups is 1. The van der Waals surface area contributed by atoms with Crippen molar-refractivity contribution in [3.05, 3.63) is 0 Å². The van der Waals surface area contributed by atoms with Crippen molar-refractivity contribution in [3.8, 4) is 0 Å². The van der Waals surface area contributed by atoms with Gasteiger partial charge in [0.1, 0.15) is 0 Å². The first-order valence-electron chi connectivity index (χ1n) is 8.29. The zero-order chi connectivity index (χ0) is 15.3. The summed E-state index contributed by atoms with van der Waals surface area (Å²) in [4.78, 5) is 14.1. The summed E-state index contributed by atoms with van der Waals surface area (Å²) < 4.78 is 10.8. The summed E-state index contributed by atoms with van der Waals surface area (Å²) in [7, 11) is 0. The average molecular weight is 299 g/mol. The Morgan fingerprint density at radius 2 is 2.10 bits per heavy atom. The van der Waals surface area contributed by atoms with Crippen LogP contribution in [0.2, 0.25) is 0 Å². The van der Waals surface area contributed by atoms with Gasteiger partial charge in [-0.05, 0) is 39.0 Å². The molecule has 0 aromatic carbocycles. The van der Waals surface area contributed by atoms with Crippen molar-refractivity contribution < 1.29 is 19.4 Å². The van der Waals surface area contributed by atoms with Gasteiger partial charge in [-0.3, -0.25) is 9.69 Å². The van der Waals surface area contributed by atoms with Crippen LogP contribution in [-0.4, -0.2) is 60.5 Å². The van der Waals surface area contributed by atoms with Crippen molar-refractivity contribution in [2.75, 3.05) is 32.8 Å². The Balaban J connectivity index is 1.80. The fourth-order valence-corrected chi connectivity index (χ4v) is 3.40. The van der Waals surface area contributed by atoms with Gasteiger partial charge in [-0.25, -0.2) is 0 Å². The van der Waals surface area contributed by atoms with E-state index in [1.165, 1.54) is 0 Å². The van der Waals surface area contributed by atoms with E-state index in [-0.39, 0.29) is 11.9 Å². The number of morpholine rings is 1. The second kappa shape index (κ2) is 7.56. The zero-order valence-corrected chi connectivity index (χ0v) is 13.3. The average Bonchev–Trinajstić information content (AvgIpc) is 2.48. The van der Waals surface area contributed by atoms with Gasteiger partial charge in [-0.15, -0.1) is 0 Å². The molecule has 1 saturated carbocycles. The molecule has 2 rings (SSSR count). The molecule has 1 N–H and O–H groups in total. The highest BCUT2D eigenvalue weighted by molar-refractivity contribution is 5.72. The van der Waals surface area contributed by atoms with Crippen LogP contribution < -0.4 is 0 Å². The third-order valence-corrected chi connectivity index (χ3v) is 4.73. The summed E-state index contributed by atoms with van der Waals surface area (Å²) >= 11 is 0. The molecule has 1 aliphatic heterocycles. The van der Waals surface area contributed by atoms with Crippen molar-refractivity contribution in [1.29, 1.82) is 0 Å². The fourth-order valence-electron chi connectivity index (χ4n) is 3.40. The molecule has 122 valence electrons. The largest absolute Gasteiger partial charge is 0.466 e. The number of β-amino-alcohol motifs (C(OH)–C–C–N with tert-alkyl or cyclic N) is 1. The van der Waals surface area contributed by atoms with E-state index in [0.717, 1.165) is 39.0 Å². The number of rotatable bonds is 5. The van der Waals surface area contributed by atoms with Crippen molar-refractivity contribution in [3.63, 3.8) is 0 Å². The summed E-state index contributed by atoms with van der Waals surface area (Å²) in [6, 6.07) is 0. The molecule has 5 heteroatoms. The number of esters is 1. The summed E-state index contributed by atoms with van der Waals surface area (Å²) in [5, 5.41) is 10.8. The topological polar surface area (TPSA) is 59.0 Å². The lowest BCUT2D eigenvalue weighted by Crippen LogP contribution is -2.51. The van der Waals surface area contributed by atoms with Crippen LogP contribution in [0, 0.1) is 5.92 Å². The van der Waals surface area contributed by atoms with E-state index < -0.39 is 5.60 Å². The Morgan fingerprint density at radius 3 is 2.71 bits per heavy atom. The standard InChI is InChI=1S/C16H29NO4/c1-3-14-11-17(9-10-21-14)12-16(19)7-5-13(6-8-16)15(18)20-4-2/h13-14,19H,3-12H2,1-2H3. The van der Waals surface area contributed by atoms with Crippen LogP contribution in [0.3, 0.4) is 0 Å². The van der Waals surface area contributed by atoms with Crippen LogP contribution in [-0.2, 0) is 14.3 Å². The van der Waals surface area contributed by atoms with Gasteiger partial charge in [0, 0.05) is 19.6 Å². The van der Waals surface area contributed by atoms with Gasteiger partial charge in [0.05, 0.1) is 30.8 Å². The smallest absolute Gasteiger partial charge is 0.308 e. The van der Waals surface area contributed by atoms with E-state index in [4.69, 9.17) is 9.47 Å². The number of carbonyl (C=O) groups is 1. The highest BCUT2D eigenvalue weighted by Crippen LogP contribution is 2.33. The normalized spacial score (nSPS) is 34.6. The lowest BCUT2D eigenvalue weighted by Gasteiger charge is -2.41. The van der Waals surface area contributed by atoms with Crippen LogP contribution >= 0.6 is 0 Å². The molecule has 0 spiro atoms. The quantitative estimate of drug-likeness (QED) is 0.781. The monoisotopic (exact) mass is 299 g/mol. The van der Waals surface area contributed by atoms with Gasteiger partial charge < -0.3 is 14.6 Å². The van der Waals surface area contributed by atoms with Gasteiger partial charge in [0.25, 0.3) is 0 Å². The van der Waals surface area contributed by atoms with Gasteiger partial charge in [-0.2, -0.15) is 0 Å². The summed E-state index contributed by atoms with van der Waals surface area (Å²) in [6.07, 6.45) is 4.14. The first kappa shape index (κ1) is 16.7. The van der Waals surface area contributed by atoms with E-state index >= 15 is 0 Å². The minimum atomic E-state index is -0.654. The predicted molar refractivity (Wildman–Crippen MR) is 80.0 cm³/mol. The van der Waals surface area contributed by atoms with Crippen LogP contribution in [0.1, 0.15) is 46.0 Å². The van der Waals surface area contributed by atoms with Gasteiger partial charge in [-0.1, -0.05) is 6.92 Å². The SMILES string of the molecule is CCOC(=O)C1CCC(O)(CN2CCOC(CC)C2)CC1. The Morgan fingerprint density at radius 1 is 1.38 bits per heavy atom. The molecule has 1 unspecified atom stereocenters. The first-order chi connectivity index (χ1) is 10.1. The zero-order valence-electron chi connectivity index (χ0n) is 13.3. The predicted octanol–water partition coefficient (Wildman–Crippen LogP) is 1.58. The molecule has 2 fully saturated rings. The Kier molecular flexibility index (Phi) is 6.02. The van der Waals surface area contributed by atoms with Gasteiger partial charge in [0.2, 0.25) is 0 Å². The van der Waals surface area contributed by atoms with Crippen molar-refractivity contribution >= 4 is 5.97 Å². The Hall–Kier alpha value is -0.650. The number of nitrogens with zero attached hydrogens (tertiary/aromatic N) is 1. The maximum atomic E-state index is 11.8. The third-order valence-electron chi connectivity index (χ3n) is 4.73. The van der Waals surface area contributed by atoms with Crippen LogP contribution in [0.25, 0.3) is 0 Å². The number of carbonyl (C=O) groups excluding carboxylic acids is 1. The molecule has 1 saturated heterocycles. The van der Waals surface area contributed by atoms with E-state index in [0.29, 0.717) is 32.1 Å². The molecule has 1 atom stereocenters. The number of ether oxygens (including phenoxy) is 2. The lowest BCUT2D eigenvalue weighted by molar-refractivity contribution is -0.151. The molecule has 5 nitrogen and oxygen atoms in total. The second-order valence-corrected chi connectivity index (χ2v) is 6.39. The minimum absolute atomic E-state index is 0.0293. The molecule has 0 radical (unpaired) electrons. The van der Waals surface area contributed by atoms with E-state index in [1.54, 1.807) is 0 Å². The van der Waals surface area contributed by atoms with E-state index in [9.17, 15) is 9.90 Å². The van der Waals surface area contributed by atoms with E-state index in [2.05, 4.69) is 11.8 Å². The minimum Gasteiger partial charge on any atom is -0.466 e. The molecule has 1 aliphatic carbocycles. The molecule has 0 aromatic heterocycles. The van der Waals surface area contributed by atoms with Gasteiger partial charge >= 0.3 is 5.97 Å². The lowest BCUT2D eigenvalue weighted by atomic mass is 9.78. The maximum absolute atomic E-state index is 11.8. The third kappa shape index (κ3) is 4.66. The summed E-state index contributed by atoms with van der Waals surface area (Å²) in [6.45, 7) is 7.64. The number of hydrogen-bond donors (Lipinski definition) is 1. The highest BCUT2D eigenvalue weighted by Gasteiger charge is 2.38. The first-order valence-corrected chi connectivity index (χ1v) is 8.29. The molecule has 1 heterocycles. The van der Waals surface area contributed by atoms with E-state index in [1.807, 2.05) is 6.92 Å². The Bertz CT molecular complexity index is 339.